The maximum atomic E-state index is 10.8. The average molecular weight is 154 g/mol. The Morgan fingerprint density at radius 1 is 1.64 bits per heavy atom. The molecule has 0 saturated carbocycles. The lowest BCUT2D eigenvalue weighted by Crippen LogP contribution is -2.19. The standard InChI is InChI=1S/C6H6N2O3/c7-8-2-1-5(9)4(3-8)6(10)11/h1-3H,7H2,(H,10,11). The number of rotatable bonds is 1. The van der Waals surface area contributed by atoms with Gasteiger partial charge in [0.1, 0.15) is 5.56 Å². The Morgan fingerprint density at radius 3 is 2.73 bits per heavy atom. The van der Waals surface area contributed by atoms with Crippen molar-refractivity contribution in [3.05, 3.63) is 34.2 Å². The van der Waals surface area contributed by atoms with Crippen molar-refractivity contribution < 1.29 is 9.90 Å². The van der Waals surface area contributed by atoms with E-state index < -0.39 is 11.4 Å². The van der Waals surface area contributed by atoms with Crippen LogP contribution in [0.2, 0.25) is 0 Å². The Kier molecular flexibility index (Phi) is 1.63. The molecule has 3 N–H and O–H groups in total. The fourth-order valence-electron chi connectivity index (χ4n) is 0.660. The predicted molar refractivity (Wildman–Crippen MR) is 37.8 cm³/mol. The van der Waals surface area contributed by atoms with Crippen molar-refractivity contribution in [1.29, 1.82) is 0 Å². The van der Waals surface area contributed by atoms with Crippen LogP contribution in [-0.2, 0) is 0 Å². The quantitative estimate of drug-likeness (QED) is 0.521. The number of hydrogen-bond acceptors (Lipinski definition) is 3. The molecule has 58 valence electrons. The van der Waals surface area contributed by atoms with Crippen LogP contribution in [-0.4, -0.2) is 15.8 Å². The molecule has 0 aliphatic carbocycles. The van der Waals surface area contributed by atoms with Gasteiger partial charge in [0.25, 0.3) is 0 Å². The van der Waals surface area contributed by atoms with E-state index in [1.807, 2.05) is 0 Å². The zero-order valence-corrected chi connectivity index (χ0v) is 5.52. The van der Waals surface area contributed by atoms with Crippen LogP contribution in [0.4, 0.5) is 0 Å². The molecule has 0 aliphatic rings. The van der Waals surface area contributed by atoms with E-state index in [1.54, 1.807) is 0 Å². The number of carboxylic acid groups (broad SMARTS) is 1. The van der Waals surface area contributed by atoms with Gasteiger partial charge in [0.05, 0.1) is 0 Å². The van der Waals surface area contributed by atoms with Crippen molar-refractivity contribution >= 4 is 5.97 Å². The summed E-state index contributed by atoms with van der Waals surface area (Å²) in [5.41, 5.74) is -0.866. The van der Waals surface area contributed by atoms with Gasteiger partial charge in [-0.3, -0.25) is 9.47 Å². The van der Waals surface area contributed by atoms with Crippen molar-refractivity contribution in [2.24, 2.45) is 0 Å². The third-order valence-electron chi connectivity index (χ3n) is 1.17. The molecule has 0 saturated heterocycles. The lowest BCUT2D eigenvalue weighted by molar-refractivity contribution is 0.0694. The smallest absolute Gasteiger partial charge is 0.341 e. The lowest BCUT2D eigenvalue weighted by Gasteiger charge is -1.97. The van der Waals surface area contributed by atoms with Gasteiger partial charge in [0, 0.05) is 18.5 Å². The molecule has 0 atom stereocenters. The summed E-state index contributed by atoms with van der Waals surface area (Å²) in [5, 5.41) is 8.42. The molecule has 5 nitrogen and oxygen atoms in total. The monoisotopic (exact) mass is 154 g/mol. The molecule has 1 rings (SSSR count). The van der Waals surface area contributed by atoms with Crippen LogP contribution in [0.1, 0.15) is 10.4 Å². The summed E-state index contributed by atoms with van der Waals surface area (Å²) in [4.78, 5) is 21.1. The van der Waals surface area contributed by atoms with Crippen LogP contribution in [0.25, 0.3) is 0 Å². The second-order valence-electron chi connectivity index (χ2n) is 1.98. The molecule has 0 unspecified atom stereocenters. The number of nitrogens with zero attached hydrogens (tertiary/aromatic N) is 1. The minimum Gasteiger partial charge on any atom is -0.477 e. The molecule has 1 heterocycles. The summed E-state index contributed by atoms with van der Waals surface area (Å²) in [5.74, 6) is 3.91. The molecular weight excluding hydrogens is 148 g/mol. The van der Waals surface area contributed by atoms with Crippen LogP contribution < -0.4 is 11.3 Å². The number of pyridine rings is 1. The number of aromatic nitrogens is 1. The maximum absolute atomic E-state index is 10.8. The Balaban J connectivity index is 3.35. The van der Waals surface area contributed by atoms with Crippen LogP contribution in [0.15, 0.2) is 23.3 Å². The van der Waals surface area contributed by atoms with E-state index >= 15 is 0 Å². The number of nitrogens with two attached hydrogens (primary N) is 1. The van der Waals surface area contributed by atoms with Crippen molar-refractivity contribution in [3.8, 4) is 0 Å². The van der Waals surface area contributed by atoms with E-state index in [9.17, 15) is 9.59 Å². The Bertz CT molecular complexity index is 342. The summed E-state index contributed by atoms with van der Waals surface area (Å²) in [6.45, 7) is 0. The molecule has 5 heteroatoms. The number of carbonyl (C=O) groups is 1. The van der Waals surface area contributed by atoms with Crippen molar-refractivity contribution in [1.82, 2.24) is 4.68 Å². The first kappa shape index (κ1) is 7.33. The Hall–Kier alpha value is -1.78. The second kappa shape index (κ2) is 2.45. The van der Waals surface area contributed by atoms with Crippen molar-refractivity contribution in [2.45, 2.75) is 0 Å². The summed E-state index contributed by atoms with van der Waals surface area (Å²) in [7, 11) is 0. The normalized spacial score (nSPS) is 9.45. The van der Waals surface area contributed by atoms with Crippen molar-refractivity contribution in [2.75, 3.05) is 5.84 Å². The molecule has 1 aromatic heterocycles. The highest BCUT2D eigenvalue weighted by molar-refractivity contribution is 5.86. The second-order valence-corrected chi connectivity index (χ2v) is 1.98. The topological polar surface area (TPSA) is 85.3 Å². The number of nitrogen functional groups attached to an aromatic ring is 1. The summed E-state index contributed by atoms with van der Waals surface area (Å²) in [6.07, 6.45) is 2.35. The lowest BCUT2D eigenvalue weighted by atomic mass is 10.3. The van der Waals surface area contributed by atoms with E-state index in [-0.39, 0.29) is 5.56 Å². The van der Waals surface area contributed by atoms with E-state index in [2.05, 4.69) is 0 Å². The zero-order chi connectivity index (χ0) is 8.43. The van der Waals surface area contributed by atoms with Crippen LogP contribution >= 0.6 is 0 Å². The highest BCUT2D eigenvalue weighted by atomic mass is 16.4. The zero-order valence-electron chi connectivity index (χ0n) is 5.52. The van der Waals surface area contributed by atoms with Gasteiger partial charge in [0.2, 0.25) is 0 Å². The molecule has 0 amide bonds. The van der Waals surface area contributed by atoms with E-state index in [0.717, 1.165) is 16.9 Å². The van der Waals surface area contributed by atoms with Gasteiger partial charge in [-0.05, 0) is 0 Å². The minimum atomic E-state index is -1.27. The van der Waals surface area contributed by atoms with Gasteiger partial charge in [0.15, 0.2) is 5.43 Å². The number of hydrogen-bond donors (Lipinski definition) is 2. The van der Waals surface area contributed by atoms with Gasteiger partial charge < -0.3 is 10.9 Å². The Labute approximate surface area is 61.7 Å². The van der Waals surface area contributed by atoms with Gasteiger partial charge in [-0.15, -0.1) is 0 Å². The summed E-state index contributed by atoms with van der Waals surface area (Å²) >= 11 is 0. The molecule has 0 bridgehead atoms. The third kappa shape index (κ3) is 1.37. The molecule has 0 spiro atoms. The average Bonchev–Trinajstić information content (AvgIpc) is 1.94. The minimum absolute atomic E-state index is 0.324. The first-order chi connectivity index (χ1) is 5.11. The number of aromatic carboxylic acids is 1. The highest BCUT2D eigenvalue weighted by Crippen LogP contribution is 1.87. The predicted octanol–water partition coefficient (Wildman–Crippen LogP) is -0.740. The van der Waals surface area contributed by atoms with E-state index in [1.165, 1.54) is 6.20 Å². The number of carboxylic acids is 1. The molecule has 0 fully saturated rings. The first-order valence-electron chi connectivity index (χ1n) is 2.82. The molecule has 1 aromatic rings. The Morgan fingerprint density at radius 2 is 2.27 bits per heavy atom. The van der Waals surface area contributed by atoms with E-state index in [0.29, 0.717) is 0 Å². The first-order valence-corrected chi connectivity index (χ1v) is 2.82. The molecule has 11 heavy (non-hydrogen) atoms. The van der Waals surface area contributed by atoms with Gasteiger partial charge in [-0.1, -0.05) is 0 Å². The van der Waals surface area contributed by atoms with Crippen LogP contribution in [0, 0.1) is 0 Å². The fourth-order valence-corrected chi connectivity index (χ4v) is 0.660. The van der Waals surface area contributed by atoms with Gasteiger partial charge >= 0.3 is 5.97 Å². The molecule has 0 aromatic carbocycles. The summed E-state index contributed by atoms with van der Waals surface area (Å²) < 4.78 is 1.02. The summed E-state index contributed by atoms with van der Waals surface area (Å²) in [6, 6.07) is 1.10. The molecular formula is C6H6N2O3. The van der Waals surface area contributed by atoms with Crippen LogP contribution in [0.3, 0.4) is 0 Å². The van der Waals surface area contributed by atoms with Crippen molar-refractivity contribution in [3.63, 3.8) is 0 Å². The maximum Gasteiger partial charge on any atom is 0.341 e. The molecule has 0 aliphatic heterocycles. The van der Waals surface area contributed by atoms with Gasteiger partial charge in [-0.2, -0.15) is 0 Å². The third-order valence-corrected chi connectivity index (χ3v) is 1.17. The van der Waals surface area contributed by atoms with Gasteiger partial charge in [-0.25, -0.2) is 4.79 Å². The highest BCUT2D eigenvalue weighted by Gasteiger charge is 2.06. The van der Waals surface area contributed by atoms with E-state index in [4.69, 9.17) is 10.9 Å². The SMILES string of the molecule is Nn1ccc(=O)c(C(=O)O)c1. The molecule has 0 radical (unpaired) electrons. The van der Waals surface area contributed by atoms with Crippen LogP contribution in [0.5, 0.6) is 0 Å². The fraction of sp³-hybridized carbons (Fsp3) is 0. The largest absolute Gasteiger partial charge is 0.477 e.